The van der Waals surface area contributed by atoms with Crippen LogP contribution >= 0.6 is 0 Å². The molecule has 0 atom stereocenters. The zero-order valence-corrected chi connectivity index (χ0v) is 6.77. The van der Waals surface area contributed by atoms with Crippen LogP contribution in [0, 0.1) is 0 Å². The molecule has 13 heavy (non-hydrogen) atoms. The van der Waals surface area contributed by atoms with Gasteiger partial charge in [0.1, 0.15) is 0 Å². The molecule has 0 saturated carbocycles. The van der Waals surface area contributed by atoms with Crippen LogP contribution in [0.15, 0.2) is 30.3 Å². The van der Waals surface area contributed by atoms with Crippen LogP contribution in [0.5, 0.6) is 0 Å². The molecule has 1 heterocycles. The van der Waals surface area contributed by atoms with Gasteiger partial charge in [0.05, 0.1) is 0 Å². The minimum Gasteiger partial charge on any atom is -0.477 e. The molecule has 1 N–H and O–H groups in total. The minimum absolute atomic E-state index is 0.0290. The van der Waals surface area contributed by atoms with Crippen LogP contribution in [-0.4, -0.2) is 17.9 Å². The summed E-state index contributed by atoms with van der Waals surface area (Å²) >= 11 is 0. The van der Waals surface area contributed by atoms with Crippen LogP contribution in [0.2, 0.25) is 0 Å². The van der Waals surface area contributed by atoms with Gasteiger partial charge < -0.3 is 14.6 Å². The number of hydrogen-bond donors (Lipinski definition) is 1. The Morgan fingerprint density at radius 1 is 1.31 bits per heavy atom. The van der Waals surface area contributed by atoms with Crippen LogP contribution in [0.3, 0.4) is 0 Å². The topological polar surface area (TPSA) is 55.8 Å². The van der Waals surface area contributed by atoms with Crippen LogP contribution < -0.4 is 0 Å². The first-order chi connectivity index (χ1) is 6.26. The molecule has 4 nitrogen and oxygen atoms in total. The number of benzene rings is 1. The molecule has 0 bridgehead atoms. The summed E-state index contributed by atoms with van der Waals surface area (Å²) in [5.74, 6) is -2.69. The molecule has 1 fully saturated rings. The molecule has 1 aliphatic rings. The molecule has 0 amide bonds. The highest BCUT2D eigenvalue weighted by molar-refractivity contribution is 5.78. The van der Waals surface area contributed by atoms with Gasteiger partial charge in [-0.3, -0.25) is 0 Å². The molecule has 0 unspecified atom stereocenters. The van der Waals surface area contributed by atoms with E-state index in [1.165, 1.54) is 0 Å². The standard InChI is InChI=1S/C9H8O4/c10-8(11)9(12-6-13-9)7-4-2-1-3-5-7/h1-5H,6H2,(H,10,11). The van der Waals surface area contributed by atoms with Gasteiger partial charge in [0.15, 0.2) is 6.79 Å². The summed E-state index contributed by atoms with van der Waals surface area (Å²) in [4.78, 5) is 10.9. The summed E-state index contributed by atoms with van der Waals surface area (Å²) in [5, 5.41) is 8.89. The van der Waals surface area contributed by atoms with Gasteiger partial charge >= 0.3 is 11.8 Å². The predicted molar refractivity (Wildman–Crippen MR) is 42.8 cm³/mol. The second-order valence-electron chi connectivity index (χ2n) is 2.69. The van der Waals surface area contributed by atoms with Gasteiger partial charge in [-0.1, -0.05) is 30.3 Å². The van der Waals surface area contributed by atoms with Crippen molar-refractivity contribution in [1.29, 1.82) is 0 Å². The fraction of sp³-hybridized carbons (Fsp3) is 0.222. The fourth-order valence-corrected chi connectivity index (χ4v) is 1.25. The van der Waals surface area contributed by atoms with Gasteiger partial charge in [-0.05, 0) is 0 Å². The van der Waals surface area contributed by atoms with E-state index in [4.69, 9.17) is 14.6 Å². The van der Waals surface area contributed by atoms with E-state index in [0.717, 1.165) is 0 Å². The molecule has 1 aliphatic heterocycles. The van der Waals surface area contributed by atoms with Crippen LogP contribution in [0.4, 0.5) is 0 Å². The van der Waals surface area contributed by atoms with Crippen molar-refractivity contribution in [2.45, 2.75) is 5.79 Å². The lowest BCUT2D eigenvalue weighted by molar-refractivity contribution is -0.390. The third-order valence-electron chi connectivity index (χ3n) is 1.96. The van der Waals surface area contributed by atoms with Crippen LogP contribution in [0.1, 0.15) is 5.56 Å². The Hall–Kier alpha value is -1.39. The van der Waals surface area contributed by atoms with E-state index in [1.807, 2.05) is 0 Å². The van der Waals surface area contributed by atoms with E-state index in [1.54, 1.807) is 30.3 Å². The lowest BCUT2D eigenvalue weighted by Gasteiger charge is -2.37. The molecule has 1 saturated heterocycles. The summed E-state index contributed by atoms with van der Waals surface area (Å²) in [5.41, 5.74) is 0.508. The van der Waals surface area contributed by atoms with Crippen molar-refractivity contribution in [2.75, 3.05) is 6.79 Å². The molecular formula is C9H8O4. The zero-order valence-electron chi connectivity index (χ0n) is 6.77. The summed E-state index contributed by atoms with van der Waals surface area (Å²) in [7, 11) is 0. The van der Waals surface area contributed by atoms with E-state index in [0.29, 0.717) is 5.56 Å². The van der Waals surface area contributed by atoms with Gasteiger partial charge in [0.2, 0.25) is 0 Å². The van der Waals surface area contributed by atoms with Crippen molar-refractivity contribution in [3.05, 3.63) is 35.9 Å². The maximum absolute atomic E-state index is 10.9. The molecule has 4 heteroatoms. The Morgan fingerprint density at radius 2 is 1.92 bits per heavy atom. The number of ether oxygens (including phenoxy) is 2. The fourth-order valence-electron chi connectivity index (χ4n) is 1.25. The van der Waals surface area contributed by atoms with Gasteiger partial charge in [0, 0.05) is 5.56 Å². The van der Waals surface area contributed by atoms with Crippen molar-refractivity contribution >= 4 is 5.97 Å². The highest BCUT2D eigenvalue weighted by atomic mass is 16.9. The third kappa shape index (κ3) is 1.11. The summed E-state index contributed by atoms with van der Waals surface area (Å²) in [6.45, 7) is 0.0290. The normalized spacial score (nSPS) is 19.1. The number of rotatable bonds is 2. The van der Waals surface area contributed by atoms with Gasteiger partial charge in [0.25, 0.3) is 0 Å². The van der Waals surface area contributed by atoms with E-state index in [2.05, 4.69) is 0 Å². The molecule has 0 radical (unpaired) electrons. The zero-order chi connectivity index (χ0) is 9.31. The molecule has 0 aliphatic carbocycles. The second-order valence-corrected chi connectivity index (χ2v) is 2.69. The van der Waals surface area contributed by atoms with Gasteiger partial charge in [-0.15, -0.1) is 0 Å². The number of carbonyl (C=O) groups is 1. The summed E-state index contributed by atoms with van der Waals surface area (Å²) < 4.78 is 9.89. The molecule has 68 valence electrons. The van der Waals surface area contributed by atoms with Crippen molar-refractivity contribution in [1.82, 2.24) is 0 Å². The third-order valence-corrected chi connectivity index (χ3v) is 1.96. The van der Waals surface area contributed by atoms with Crippen LogP contribution in [-0.2, 0) is 20.1 Å². The van der Waals surface area contributed by atoms with Crippen molar-refractivity contribution in [3.63, 3.8) is 0 Å². The summed E-state index contributed by atoms with van der Waals surface area (Å²) in [6, 6.07) is 8.61. The van der Waals surface area contributed by atoms with Gasteiger partial charge in [-0.2, -0.15) is 0 Å². The average molecular weight is 180 g/mol. The lowest BCUT2D eigenvalue weighted by atomic mass is 10.1. The maximum atomic E-state index is 10.9. The van der Waals surface area contributed by atoms with Gasteiger partial charge in [-0.25, -0.2) is 4.79 Å². The van der Waals surface area contributed by atoms with Crippen molar-refractivity contribution in [2.24, 2.45) is 0 Å². The van der Waals surface area contributed by atoms with E-state index in [-0.39, 0.29) is 6.79 Å². The van der Waals surface area contributed by atoms with E-state index >= 15 is 0 Å². The molecule has 0 aromatic heterocycles. The Bertz CT molecular complexity index is 316. The lowest BCUT2D eigenvalue weighted by Crippen LogP contribution is -2.50. The monoisotopic (exact) mass is 180 g/mol. The highest BCUT2D eigenvalue weighted by Crippen LogP contribution is 2.34. The van der Waals surface area contributed by atoms with Crippen LogP contribution in [0.25, 0.3) is 0 Å². The number of carboxylic acid groups (broad SMARTS) is 1. The molecular weight excluding hydrogens is 172 g/mol. The molecule has 0 spiro atoms. The van der Waals surface area contributed by atoms with Crippen molar-refractivity contribution in [3.8, 4) is 0 Å². The Morgan fingerprint density at radius 3 is 2.31 bits per heavy atom. The second kappa shape index (κ2) is 2.83. The Labute approximate surface area is 74.7 Å². The van der Waals surface area contributed by atoms with E-state index < -0.39 is 11.8 Å². The first kappa shape index (κ1) is 8.22. The summed E-state index contributed by atoms with van der Waals surface area (Å²) in [6.07, 6.45) is 0. The maximum Gasteiger partial charge on any atom is 0.369 e. The predicted octanol–water partition coefficient (Wildman–Crippen LogP) is 0.928. The number of hydrogen-bond acceptors (Lipinski definition) is 3. The average Bonchev–Trinajstić information content (AvgIpc) is 2.03. The SMILES string of the molecule is O=C(O)C1(c2ccccc2)OCO1. The molecule has 1 aromatic carbocycles. The first-order valence-electron chi connectivity index (χ1n) is 3.82. The Balaban J connectivity index is 2.38. The van der Waals surface area contributed by atoms with E-state index in [9.17, 15) is 4.79 Å². The largest absolute Gasteiger partial charge is 0.477 e. The quantitative estimate of drug-likeness (QED) is 0.735. The Kier molecular flexibility index (Phi) is 1.79. The first-order valence-corrected chi connectivity index (χ1v) is 3.82. The van der Waals surface area contributed by atoms with Crippen molar-refractivity contribution < 1.29 is 19.4 Å². The molecule has 1 aromatic rings. The smallest absolute Gasteiger partial charge is 0.369 e. The highest BCUT2D eigenvalue weighted by Gasteiger charge is 2.49. The minimum atomic E-state index is -1.57. The number of aliphatic carboxylic acids is 1. The molecule has 2 rings (SSSR count). The number of carboxylic acids is 1.